The standard InChI is InChI=1S/C24H31N5O3/c1-29(2)17-9-7-16(8-10-17)23(30)26-19-13-31-22-20(14-32-21(19)22)28-24-25-12-11-18(27-24)15-5-3-4-6-15/h7-12,15,19-22H,3-6,13-14H2,1-2H3,(H,26,30)(H,25,27,28). The van der Waals surface area contributed by atoms with Crippen LogP contribution in [0.2, 0.25) is 0 Å². The van der Waals surface area contributed by atoms with Crippen LogP contribution >= 0.6 is 0 Å². The Balaban J connectivity index is 1.19. The molecule has 4 atom stereocenters. The van der Waals surface area contributed by atoms with Crippen molar-refractivity contribution in [3.63, 3.8) is 0 Å². The molecule has 3 fully saturated rings. The van der Waals surface area contributed by atoms with Crippen LogP contribution in [0.1, 0.15) is 47.7 Å². The molecule has 1 aromatic heterocycles. The van der Waals surface area contributed by atoms with Gasteiger partial charge in [-0.15, -0.1) is 0 Å². The molecule has 1 saturated carbocycles. The lowest BCUT2D eigenvalue weighted by Gasteiger charge is -2.19. The van der Waals surface area contributed by atoms with Crippen LogP contribution in [-0.4, -0.2) is 67.5 Å². The van der Waals surface area contributed by atoms with E-state index in [1.54, 1.807) is 0 Å². The Labute approximate surface area is 188 Å². The van der Waals surface area contributed by atoms with Gasteiger partial charge in [-0.25, -0.2) is 9.97 Å². The van der Waals surface area contributed by atoms with Gasteiger partial charge in [-0.05, 0) is 43.2 Å². The molecule has 2 N–H and O–H groups in total. The first-order valence-electron chi connectivity index (χ1n) is 11.5. The van der Waals surface area contributed by atoms with Gasteiger partial charge in [0.15, 0.2) is 0 Å². The van der Waals surface area contributed by atoms with Crippen molar-refractivity contribution >= 4 is 17.5 Å². The quantitative estimate of drug-likeness (QED) is 0.718. The molecule has 1 amide bonds. The van der Waals surface area contributed by atoms with Gasteiger partial charge >= 0.3 is 0 Å². The Morgan fingerprint density at radius 3 is 2.41 bits per heavy atom. The summed E-state index contributed by atoms with van der Waals surface area (Å²) in [5, 5.41) is 6.49. The van der Waals surface area contributed by atoms with Crippen molar-refractivity contribution in [2.45, 2.75) is 55.9 Å². The maximum Gasteiger partial charge on any atom is 0.251 e. The lowest BCUT2D eigenvalue weighted by atomic mass is 10.0. The zero-order valence-corrected chi connectivity index (χ0v) is 18.7. The van der Waals surface area contributed by atoms with E-state index in [1.165, 1.54) is 25.7 Å². The van der Waals surface area contributed by atoms with Crippen molar-refractivity contribution in [1.29, 1.82) is 0 Å². The number of nitrogens with zero attached hydrogens (tertiary/aromatic N) is 3. The average Bonchev–Trinajstić information content (AvgIpc) is 3.55. The average molecular weight is 438 g/mol. The molecular weight excluding hydrogens is 406 g/mol. The zero-order chi connectivity index (χ0) is 22.1. The molecular formula is C24H31N5O3. The molecule has 0 bridgehead atoms. The molecule has 32 heavy (non-hydrogen) atoms. The number of carbonyl (C=O) groups is 1. The Morgan fingerprint density at radius 2 is 1.69 bits per heavy atom. The summed E-state index contributed by atoms with van der Waals surface area (Å²) in [4.78, 5) is 23.9. The fourth-order valence-electron chi connectivity index (χ4n) is 4.97. The van der Waals surface area contributed by atoms with Gasteiger partial charge in [0.1, 0.15) is 12.2 Å². The van der Waals surface area contributed by atoms with Crippen LogP contribution in [0.3, 0.4) is 0 Å². The summed E-state index contributed by atoms with van der Waals surface area (Å²) in [7, 11) is 3.95. The highest BCUT2D eigenvalue weighted by Crippen LogP contribution is 2.33. The SMILES string of the molecule is CN(C)c1ccc(C(=O)NC2COC3C(Nc4nccc(C5CCCC5)n4)COC23)cc1. The summed E-state index contributed by atoms with van der Waals surface area (Å²) >= 11 is 0. The summed E-state index contributed by atoms with van der Waals surface area (Å²) in [6, 6.07) is 9.36. The molecule has 2 aliphatic heterocycles. The van der Waals surface area contributed by atoms with Crippen molar-refractivity contribution in [2.24, 2.45) is 0 Å². The minimum Gasteiger partial charge on any atom is -0.378 e. The number of carbonyl (C=O) groups excluding carboxylic acids is 1. The number of ether oxygens (including phenoxy) is 2. The molecule has 0 spiro atoms. The fraction of sp³-hybridized carbons (Fsp3) is 0.542. The van der Waals surface area contributed by atoms with Gasteiger partial charge in [0.05, 0.1) is 25.3 Å². The van der Waals surface area contributed by atoms with Gasteiger partial charge in [0.2, 0.25) is 5.95 Å². The van der Waals surface area contributed by atoms with E-state index >= 15 is 0 Å². The number of aromatic nitrogens is 2. The number of hydrogen-bond acceptors (Lipinski definition) is 7. The van der Waals surface area contributed by atoms with E-state index in [-0.39, 0.29) is 30.2 Å². The smallest absolute Gasteiger partial charge is 0.251 e. The molecule has 8 heteroatoms. The highest BCUT2D eigenvalue weighted by Gasteiger charge is 2.48. The molecule has 1 aromatic carbocycles. The first-order chi connectivity index (χ1) is 15.6. The summed E-state index contributed by atoms with van der Waals surface area (Å²) in [6.45, 7) is 0.925. The Kier molecular flexibility index (Phi) is 5.97. The van der Waals surface area contributed by atoms with E-state index in [1.807, 2.05) is 55.5 Å². The minimum atomic E-state index is -0.185. The number of anilines is 2. The lowest BCUT2D eigenvalue weighted by Crippen LogP contribution is -2.44. The van der Waals surface area contributed by atoms with Gasteiger partial charge in [-0.2, -0.15) is 0 Å². The Bertz CT molecular complexity index is 945. The van der Waals surface area contributed by atoms with E-state index in [0.717, 1.165) is 11.4 Å². The molecule has 3 aliphatic rings. The van der Waals surface area contributed by atoms with Gasteiger partial charge < -0.3 is 25.0 Å². The molecule has 170 valence electrons. The van der Waals surface area contributed by atoms with Gasteiger partial charge in [-0.3, -0.25) is 4.79 Å². The highest BCUT2D eigenvalue weighted by atomic mass is 16.6. The van der Waals surface area contributed by atoms with Crippen LogP contribution in [0, 0.1) is 0 Å². The van der Waals surface area contributed by atoms with Crippen LogP contribution in [-0.2, 0) is 9.47 Å². The molecule has 2 saturated heterocycles. The Morgan fingerprint density at radius 1 is 1.00 bits per heavy atom. The normalized spacial score (nSPS) is 27.3. The molecule has 5 rings (SSSR count). The second-order valence-corrected chi connectivity index (χ2v) is 9.15. The highest BCUT2D eigenvalue weighted by molar-refractivity contribution is 5.94. The number of hydrogen-bond donors (Lipinski definition) is 2. The number of benzene rings is 1. The van der Waals surface area contributed by atoms with Crippen LogP contribution in [0.25, 0.3) is 0 Å². The molecule has 4 unspecified atom stereocenters. The van der Waals surface area contributed by atoms with E-state index < -0.39 is 0 Å². The fourth-order valence-corrected chi connectivity index (χ4v) is 4.97. The molecule has 2 aromatic rings. The van der Waals surface area contributed by atoms with E-state index in [9.17, 15) is 4.79 Å². The van der Waals surface area contributed by atoms with E-state index in [2.05, 4.69) is 15.6 Å². The molecule has 3 heterocycles. The maximum atomic E-state index is 12.7. The van der Waals surface area contributed by atoms with E-state index in [4.69, 9.17) is 14.5 Å². The van der Waals surface area contributed by atoms with Crippen molar-refractivity contribution in [1.82, 2.24) is 15.3 Å². The largest absolute Gasteiger partial charge is 0.378 e. The monoisotopic (exact) mass is 437 g/mol. The zero-order valence-electron chi connectivity index (χ0n) is 18.7. The predicted molar refractivity (Wildman–Crippen MR) is 122 cm³/mol. The third-order valence-corrected chi connectivity index (χ3v) is 6.78. The van der Waals surface area contributed by atoms with Gasteiger partial charge in [0.25, 0.3) is 5.91 Å². The second kappa shape index (κ2) is 9.03. The second-order valence-electron chi connectivity index (χ2n) is 9.15. The first kappa shape index (κ1) is 21.2. The third-order valence-electron chi connectivity index (χ3n) is 6.78. The van der Waals surface area contributed by atoms with Crippen molar-refractivity contribution in [2.75, 3.05) is 37.5 Å². The molecule has 8 nitrogen and oxygen atoms in total. The van der Waals surface area contributed by atoms with Crippen molar-refractivity contribution in [3.8, 4) is 0 Å². The van der Waals surface area contributed by atoms with Crippen molar-refractivity contribution < 1.29 is 14.3 Å². The predicted octanol–water partition coefficient (Wildman–Crippen LogP) is 2.58. The van der Waals surface area contributed by atoms with Crippen molar-refractivity contribution in [3.05, 3.63) is 47.8 Å². The topological polar surface area (TPSA) is 88.6 Å². The number of fused-ring (bicyclic) bond motifs is 1. The summed E-state index contributed by atoms with van der Waals surface area (Å²) < 4.78 is 12.1. The van der Waals surface area contributed by atoms with Crippen LogP contribution in [0.4, 0.5) is 11.6 Å². The lowest BCUT2D eigenvalue weighted by molar-refractivity contribution is 0.0652. The summed E-state index contributed by atoms with van der Waals surface area (Å²) in [6.07, 6.45) is 6.46. The summed E-state index contributed by atoms with van der Waals surface area (Å²) in [5.41, 5.74) is 2.80. The van der Waals surface area contributed by atoms with E-state index in [0.29, 0.717) is 30.6 Å². The molecule has 0 radical (unpaired) electrons. The minimum absolute atomic E-state index is 0.0416. The number of nitrogens with one attached hydrogen (secondary N) is 2. The number of amides is 1. The van der Waals surface area contributed by atoms with Crippen LogP contribution in [0.5, 0.6) is 0 Å². The Hall–Kier alpha value is -2.71. The first-order valence-corrected chi connectivity index (χ1v) is 11.5. The van der Waals surface area contributed by atoms with Gasteiger partial charge in [0, 0.05) is 43.2 Å². The number of rotatable bonds is 6. The molecule has 1 aliphatic carbocycles. The van der Waals surface area contributed by atoms with Gasteiger partial charge in [-0.1, -0.05) is 12.8 Å². The van der Waals surface area contributed by atoms with Crippen LogP contribution < -0.4 is 15.5 Å². The van der Waals surface area contributed by atoms with Crippen LogP contribution in [0.15, 0.2) is 36.5 Å². The third kappa shape index (κ3) is 4.29. The summed E-state index contributed by atoms with van der Waals surface area (Å²) in [5.74, 6) is 1.05. The maximum absolute atomic E-state index is 12.7.